The van der Waals surface area contributed by atoms with E-state index in [1.54, 1.807) is 0 Å². The summed E-state index contributed by atoms with van der Waals surface area (Å²) in [6.07, 6.45) is 6.13. The summed E-state index contributed by atoms with van der Waals surface area (Å²) in [5.41, 5.74) is 0.468. The Morgan fingerprint density at radius 3 is 2.61 bits per heavy atom. The van der Waals surface area contributed by atoms with Crippen molar-refractivity contribution in [1.29, 1.82) is 0 Å². The Morgan fingerprint density at radius 2 is 1.96 bits per heavy atom. The van der Waals surface area contributed by atoms with Gasteiger partial charge in [-0.2, -0.15) is 0 Å². The lowest BCUT2D eigenvalue weighted by Crippen LogP contribution is -2.53. The zero-order chi connectivity index (χ0) is 16.8. The summed E-state index contributed by atoms with van der Waals surface area (Å²) in [6, 6.07) is 0. The highest BCUT2D eigenvalue weighted by molar-refractivity contribution is 5.91. The molecule has 5 heteroatoms. The van der Waals surface area contributed by atoms with Crippen molar-refractivity contribution in [3.8, 4) is 0 Å². The molecule has 3 N–H and O–H groups in total. The Hall–Kier alpha value is -1.10. The molecule has 130 valence electrons. The molecule has 6 unspecified atom stereocenters. The third-order valence-electron chi connectivity index (χ3n) is 7.56. The molecule has 3 rings (SSSR count). The number of fused-ring (bicyclic) bond motifs is 3. The summed E-state index contributed by atoms with van der Waals surface area (Å²) in [5, 5.41) is 32.6. The number of oxime groups is 1. The molecule has 3 saturated carbocycles. The molecule has 3 aliphatic carbocycles. The highest BCUT2D eigenvalue weighted by Crippen LogP contribution is 2.62. The maximum absolute atomic E-state index is 11.1. The second-order valence-electron chi connectivity index (χ2n) is 8.41. The molecule has 0 heterocycles. The van der Waals surface area contributed by atoms with Crippen molar-refractivity contribution in [1.82, 2.24) is 0 Å². The van der Waals surface area contributed by atoms with Gasteiger partial charge in [0.1, 0.15) is 0 Å². The summed E-state index contributed by atoms with van der Waals surface area (Å²) >= 11 is 0. The monoisotopic (exact) mass is 323 g/mol. The van der Waals surface area contributed by atoms with Crippen molar-refractivity contribution in [3.63, 3.8) is 0 Å². The Bertz CT molecular complexity index is 519. The molecule has 0 aromatic carbocycles. The van der Waals surface area contributed by atoms with Crippen LogP contribution in [-0.4, -0.2) is 33.2 Å². The smallest absolute Gasteiger partial charge is 0.303 e. The number of carboxylic acids is 1. The minimum atomic E-state index is -0.789. The van der Waals surface area contributed by atoms with Gasteiger partial charge in [0, 0.05) is 11.8 Å². The highest BCUT2D eigenvalue weighted by atomic mass is 16.4. The van der Waals surface area contributed by atoms with Crippen LogP contribution in [0.4, 0.5) is 0 Å². The molecule has 0 bridgehead atoms. The molecule has 5 nitrogen and oxygen atoms in total. The van der Waals surface area contributed by atoms with E-state index in [1.807, 2.05) is 0 Å². The fourth-order valence-corrected chi connectivity index (χ4v) is 6.12. The Morgan fingerprint density at radius 1 is 1.22 bits per heavy atom. The van der Waals surface area contributed by atoms with Gasteiger partial charge in [0.15, 0.2) is 0 Å². The quantitative estimate of drug-likeness (QED) is 0.549. The van der Waals surface area contributed by atoms with E-state index in [2.05, 4.69) is 19.0 Å². The van der Waals surface area contributed by atoms with E-state index >= 15 is 0 Å². The third-order valence-corrected chi connectivity index (χ3v) is 7.56. The lowest BCUT2D eigenvalue weighted by atomic mass is 9.49. The average Bonchev–Trinajstić information content (AvgIpc) is 2.81. The van der Waals surface area contributed by atoms with Crippen LogP contribution in [0.1, 0.15) is 65.2 Å². The number of carbonyl (C=O) groups is 1. The zero-order valence-electron chi connectivity index (χ0n) is 14.2. The first-order valence-corrected chi connectivity index (χ1v) is 8.94. The summed E-state index contributed by atoms with van der Waals surface area (Å²) in [4.78, 5) is 11.1. The average molecular weight is 323 g/mol. The SMILES string of the molecule is CC1(CCC(=O)O)C(=NO)CCC2C1CCC1(C)C(O)CCC21. The van der Waals surface area contributed by atoms with Gasteiger partial charge >= 0.3 is 5.97 Å². The molecule has 0 aromatic rings. The van der Waals surface area contributed by atoms with E-state index in [0.717, 1.165) is 44.2 Å². The number of hydrogen-bond acceptors (Lipinski definition) is 4. The molecular weight excluding hydrogens is 294 g/mol. The van der Waals surface area contributed by atoms with E-state index in [0.29, 0.717) is 24.2 Å². The fourth-order valence-electron chi connectivity index (χ4n) is 6.12. The largest absolute Gasteiger partial charge is 0.481 e. The van der Waals surface area contributed by atoms with Gasteiger partial charge in [0.2, 0.25) is 0 Å². The van der Waals surface area contributed by atoms with Gasteiger partial charge in [0.05, 0.1) is 11.8 Å². The lowest BCUT2D eigenvalue weighted by Gasteiger charge is -2.56. The molecule has 0 spiro atoms. The maximum Gasteiger partial charge on any atom is 0.303 e. The van der Waals surface area contributed by atoms with Crippen LogP contribution < -0.4 is 0 Å². The third kappa shape index (κ3) is 2.48. The van der Waals surface area contributed by atoms with Crippen LogP contribution in [0.2, 0.25) is 0 Å². The Labute approximate surface area is 137 Å². The minimum Gasteiger partial charge on any atom is -0.481 e. The van der Waals surface area contributed by atoms with Crippen molar-refractivity contribution in [2.24, 2.45) is 33.7 Å². The summed E-state index contributed by atoms with van der Waals surface area (Å²) in [6.45, 7) is 4.33. The van der Waals surface area contributed by atoms with Crippen LogP contribution >= 0.6 is 0 Å². The molecular formula is C18H29NO4. The van der Waals surface area contributed by atoms with Crippen LogP contribution in [0.5, 0.6) is 0 Å². The van der Waals surface area contributed by atoms with E-state index in [4.69, 9.17) is 5.11 Å². The molecule has 23 heavy (non-hydrogen) atoms. The number of rotatable bonds is 3. The second-order valence-corrected chi connectivity index (χ2v) is 8.41. The number of aliphatic hydroxyl groups is 1. The molecule has 3 fully saturated rings. The molecule has 6 atom stereocenters. The topological polar surface area (TPSA) is 90.1 Å². The number of nitrogens with zero attached hydrogens (tertiary/aromatic N) is 1. The zero-order valence-corrected chi connectivity index (χ0v) is 14.2. The molecule has 0 radical (unpaired) electrons. The van der Waals surface area contributed by atoms with Crippen molar-refractivity contribution >= 4 is 11.7 Å². The van der Waals surface area contributed by atoms with Crippen LogP contribution in [-0.2, 0) is 4.79 Å². The van der Waals surface area contributed by atoms with Gasteiger partial charge in [-0.3, -0.25) is 4.79 Å². The molecule has 3 aliphatic rings. The standard InChI is InChI=1S/C18H29NO4/c1-17(10-8-16(21)22)13-7-9-18(2)12(4-6-15(18)20)11(13)3-5-14(17)19-23/h11-13,15,20,23H,3-10H2,1-2H3,(H,21,22). The fraction of sp³-hybridized carbons (Fsp3) is 0.889. The van der Waals surface area contributed by atoms with Gasteiger partial charge < -0.3 is 15.4 Å². The van der Waals surface area contributed by atoms with E-state index < -0.39 is 5.97 Å². The minimum absolute atomic E-state index is 0.0166. The first-order chi connectivity index (χ1) is 10.8. The van der Waals surface area contributed by atoms with Gasteiger partial charge in [-0.05, 0) is 68.1 Å². The maximum atomic E-state index is 11.1. The van der Waals surface area contributed by atoms with Gasteiger partial charge in [-0.1, -0.05) is 19.0 Å². The van der Waals surface area contributed by atoms with Gasteiger partial charge in [-0.25, -0.2) is 0 Å². The second kappa shape index (κ2) is 5.76. The first-order valence-electron chi connectivity index (χ1n) is 8.94. The predicted molar refractivity (Wildman–Crippen MR) is 86.5 cm³/mol. The highest BCUT2D eigenvalue weighted by Gasteiger charge is 2.58. The Kier molecular flexibility index (Phi) is 4.20. The van der Waals surface area contributed by atoms with E-state index in [-0.39, 0.29) is 23.4 Å². The number of carboxylic acid groups (broad SMARTS) is 1. The van der Waals surface area contributed by atoms with Crippen LogP contribution in [0.3, 0.4) is 0 Å². The predicted octanol–water partition coefficient (Wildman–Crippen LogP) is 3.28. The molecule has 0 aromatic heterocycles. The van der Waals surface area contributed by atoms with Gasteiger partial charge in [0.25, 0.3) is 0 Å². The summed E-state index contributed by atoms with van der Waals surface area (Å²) in [5.74, 6) is 0.600. The lowest BCUT2D eigenvalue weighted by molar-refractivity contribution is -0.138. The van der Waals surface area contributed by atoms with Crippen molar-refractivity contribution in [2.45, 2.75) is 71.3 Å². The molecule has 0 saturated heterocycles. The van der Waals surface area contributed by atoms with Crippen molar-refractivity contribution in [3.05, 3.63) is 0 Å². The number of aliphatic carboxylic acids is 1. The van der Waals surface area contributed by atoms with Crippen LogP contribution in [0.25, 0.3) is 0 Å². The molecule has 0 amide bonds. The van der Waals surface area contributed by atoms with Crippen LogP contribution in [0, 0.1) is 28.6 Å². The summed E-state index contributed by atoms with van der Waals surface area (Å²) < 4.78 is 0. The number of aliphatic hydroxyl groups excluding tert-OH is 1. The Balaban J connectivity index is 1.89. The van der Waals surface area contributed by atoms with Crippen molar-refractivity contribution in [2.75, 3.05) is 0 Å². The van der Waals surface area contributed by atoms with Crippen LogP contribution in [0.15, 0.2) is 5.16 Å². The van der Waals surface area contributed by atoms with Crippen molar-refractivity contribution < 1.29 is 20.2 Å². The normalized spacial score (nSPS) is 48.0. The summed E-state index contributed by atoms with van der Waals surface area (Å²) in [7, 11) is 0. The first kappa shape index (κ1) is 16.7. The molecule has 0 aliphatic heterocycles. The van der Waals surface area contributed by atoms with E-state index in [9.17, 15) is 15.1 Å². The van der Waals surface area contributed by atoms with E-state index in [1.165, 1.54) is 0 Å². The van der Waals surface area contributed by atoms with Gasteiger partial charge in [-0.15, -0.1) is 0 Å². The number of hydrogen-bond donors (Lipinski definition) is 3.